The van der Waals surface area contributed by atoms with Crippen LogP contribution in [0.4, 0.5) is 21.9 Å². The second-order valence-corrected chi connectivity index (χ2v) is 5.47. The molecular formula is C16H16ClN3O2. The monoisotopic (exact) mass is 317 g/mol. The predicted octanol–water partition coefficient (Wildman–Crippen LogP) is 3.81. The Labute approximate surface area is 133 Å². The Hall–Kier alpha value is -2.40. The van der Waals surface area contributed by atoms with E-state index in [4.69, 9.17) is 16.3 Å². The Kier molecular flexibility index (Phi) is 4.06. The van der Waals surface area contributed by atoms with Gasteiger partial charge in [0.15, 0.2) is 0 Å². The van der Waals surface area contributed by atoms with Crippen molar-refractivity contribution in [3.63, 3.8) is 0 Å². The number of hydrogen-bond donors (Lipinski definition) is 2. The molecule has 114 valence electrons. The molecule has 2 aromatic rings. The van der Waals surface area contributed by atoms with Crippen LogP contribution in [0.1, 0.15) is 0 Å². The van der Waals surface area contributed by atoms with Crippen molar-refractivity contribution in [2.24, 2.45) is 0 Å². The van der Waals surface area contributed by atoms with Crippen LogP contribution in [0.5, 0.6) is 5.75 Å². The van der Waals surface area contributed by atoms with Gasteiger partial charge in [-0.3, -0.25) is 0 Å². The van der Waals surface area contributed by atoms with Gasteiger partial charge in [0.05, 0.1) is 12.2 Å². The number of likely N-dealkylation sites (N-methyl/N-ethyl adjacent to an activating group) is 1. The van der Waals surface area contributed by atoms with Crippen LogP contribution in [0.2, 0.25) is 5.02 Å². The highest BCUT2D eigenvalue weighted by molar-refractivity contribution is 6.30. The van der Waals surface area contributed by atoms with E-state index in [1.807, 2.05) is 25.2 Å². The van der Waals surface area contributed by atoms with Gasteiger partial charge >= 0.3 is 6.03 Å². The normalized spacial score (nSPS) is 13.1. The fourth-order valence-corrected chi connectivity index (χ4v) is 2.39. The van der Waals surface area contributed by atoms with E-state index in [0.717, 1.165) is 18.0 Å². The molecule has 0 unspecified atom stereocenters. The maximum absolute atomic E-state index is 12.0. The second-order valence-electron chi connectivity index (χ2n) is 5.04. The van der Waals surface area contributed by atoms with Crippen molar-refractivity contribution >= 4 is 34.7 Å². The zero-order valence-electron chi connectivity index (χ0n) is 12.1. The lowest BCUT2D eigenvalue weighted by atomic mass is 10.2. The summed E-state index contributed by atoms with van der Waals surface area (Å²) < 4.78 is 5.62. The molecule has 0 aromatic heterocycles. The Morgan fingerprint density at radius 1 is 1.14 bits per heavy atom. The summed E-state index contributed by atoms with van der Waals surface area (Å²) in [5.74, 6) is 0.776. The van der Waals surface area contributed by atoms with Crippen molar-refractivity contribution in [2.75, 3.05) is 35.7 Å². The molecule has 0 aliphatic carbocycles. The number of fused-ring (bicyclic) bond motifs is 1. The number of anilines is 3. The van der Waals surface area contributed by atoms with Crippen molar-refractivity contribution < 1.29 is 9.53 Å². The van der Waals surface area contributed by atoms with Gasteiger partial charge < -0.3 is 20.3 Å². The van der Waals surface area contributed by atoms with Gasteiger partial charge in [0.2, 0.25) is 0 Å². The number of hydrogen-bond acceptors (Lipinski definition) is 3. The average molecular weight is 318 g/mol. The summed E-state index contributed by atoms with van der Waals surface area (Å²) in [5.41, 5.74) is 2.38. The van der Waals surface area contributed by atoms with E-state index in [0.29, 0.717) is 23.0 Å². The van der Waals surface area contributed by atoms with Crippen molar-refractivity contribution in [2.45, 2.75) is 0 Å². The second kappa shape index (κ2) is 6.15. The average Bonchev–Trinajstić information content (AvgIpc) is 2.50. The molecule has 0 saturated heterocycles. The zero-order chi connectivity index (χ0) is 15.5. The number of halogens is 1. The molecule has 2 aromatic carbocycles. The number of nitrogens with zero attached hydrogens (tertiary/aromatic N) is 1. The first-order valence-electron chi connectivity index (χ1n) is 6.93. The molecule has 0 bridgehead atoms. The first-order chi connectivity index (χ1) is 10.6. The van der Waals surface area contributed by atoms with Gasteiger partial charge in [-0.05, 0) is 36.4 Å². The molecule has 0 atom stereocenters. The van der Waals surface area contributed by atoms with Crippen molar-refractivity contribution in [1.82, 2.24) is 0 Å². The molecule has 2 amide bonds. The smallest absolute Gasteiger partial charge is 0.323 e. The first kappa shape index (κ1) is 14.5. The van der Waals surface area contributed by atoms with E-state index in [2.05, 4.69) is 15.5 Å². The Bertz CT molecular complexity index is 688. The van der Waals surface area contributed by atoms with Crippen LogP contribution < -0.4 is 20.3 Å². The van der Waals surface area contributed by atoms with Gasteiger partial charge in [0, 0.05) is 29.5 Å². The molecule has 5 nitrogen and oxygen atoms in total. The summed E-state index contributed by atoms with van der Waals surface area (Å²) in [6.45, 7) is 1.50. The number of rotatable bonds is 2. The summed E-state index contributed by atoms with van der Waals surface area (Å²) in [7, 11) is 2.02. The minimum Gasteiger partial charge on any atom is -0.489 e. The fourth-order valence-electron chi connectivity index (χ4n) is 2.26. The van der Waals surface area contributed by atoms with Gasteiger partial charge in [0.1, 0.15) is 12.4 Å². The molecule has 0 spiro atoms. The highest BCUT2D eigenvalue weighted by Gasteiger charge is 2.15. The van der Waals surface area contributed by atoms with E-state index in [-0.39, 0.29) is 6.03 Å². The number of nitrogens with one attached hydrogen (secondary N) is 2. The number of carbonyl (C=O) groups excluding carboxylic acids is 1. The lowest BCUT2D eigenvalue weighted by molar-refractivity contribution is 0.262. The molecule has 0 saturated carbocycles. The summed E-state index contributed by atoms with van der Waals surface area (Å²) in [4.78, 5) is 14.1. The molecule has 1 aliphatic rings. The molecule has 0 fully saturated rings. The number of carbonyl (C=O) groups is 1. The Balaban J connectivity index is 1.68. The van der Waals surface area contributed by atoms with Crippen molar-refractivity contribution in [3.05, 3.63) is 47.5 Å². The van der Waals surface area contributed by atoms with Crippen molar-refractivity contribution in [3.8, 4) is 5.75 Å². The standard InChI is InChI=1S/C16H16ClN3O2/c1-20-8-9-22-15-10-13(6-7-14(15)20)19-16(21)18-12-4-2-11(17)3-5-12/h2-7,10H,8-9H2,1H3,(H2,18,19,21). The minimum atomic E-state index is -0.313. The zero-order valence-corrected chi connectivity index (χ0v) is 12.9. The summed E-state index contributed by atoms with van der Waals surface area (Å²) in [5, 5.41) is 6.16. The van der Waals surface area contributed by atoms with Crippen LogP contribution in [0, 0.1) is 0 Å². The molecule has 1 aliphatic heterocycles. The van der Waals surface area contributed by atoms with Crippen molar-refractivity contribution in [1.29, 1.82) is 0 Å². The van der Waals surface area contributed by atoms with Crippen LogP contribution in [-0.2, 0) is 0 Å². The third-order valence-corrected chi connectivity index (χ3v) is 3.67. The first-order valence-corrected chi connectivity index (χ1v) is 7.31. The van der Waals surface area contributed by atoms with E-state index < -0.39 is 0 Å². The van der Waals surface area contributed by atoms with E-state index in [9.17, 15) is 4.79 Å². The SMILES string of the molecule is CN1CCOc2cc(NC(=O)Nc3ccc(Cl)cc3)ccc21. The lowest BCUT2D eigenvalue weighted by Crippen LogP contribution is -2.28. The van der Waals surface area contributed by atoms with Gasteiger partial charge in [-0.15, -0.1) is 0 Å². The van der Waals surface area contributed by atoms with Gasteiger partial charge in [-0.1, -0.05) is 11.6 Å². The largest absolute Gasteiger partial charge is 0.489 e. The van der Waals surface area contributed by atoms with Crippen LogP contribution in [0.3, 0.4) is 0 Å². The molecule has 22 heavy (non-hydrogen) atoms. The number of urea groups is 1. The van der Waals surface area contributed by atoms with E-state index in [1.54, 1.807) is 24.3 Å². The van der Waals surface area contributed by atoms with Crippen LogP contribution in [-0.4, -0.2) is 26.2 Å². The van der Waals surface area contributed by atoms with Gasteiger partial charge in [0.25, 0.3) is 0 Å². The highest BCUT2D eigenvalue weighted by atomic mass is 35.5. The number of amides is 2. The topological polar surface area (TPSA) is 53.6 Å². The Morgan fingerprint density at radius 3 is 2.59 bits per heavy atom. The lowest BCUT2D eigenvalue weighted by Gasteiger charge is -2.27. The summed E-state index contributed by atoms with van der Waals surface area (Å²) in [6.07, 6.45) is 0. The Morgan fingerprint density at radius 2 is 1.82 bits per heavy atom. The van der Waals surface area contributed by atoms with E-state index in [1.165, 1.54) is 0 Å². The molecule has 1 heterocycles. The van der Waals surface area contributed by atoms with Crippen LogP contribution >= 0.6 is 11.6 Å². The molecule has 2 N–H and O–H groups in total. The summed E-state index contributed by atoms with van der Waals surface area (Å²) >= 11 is 5.81. The molecule has 0 radical (unpaired) electrons. The maximum Gasteiger partial charge on any atom is 0.323 e. The number of ether oxygens (including phenoxy) is 1. The fraction of sp³-hybridized carbons (Fsp3) is 0.188. The van der Waals surface area contributed by atoms with E-state index >= 15 is 0 Å². The quantitative estimate of drug-likeness (QED) is 0.885. The number of benzene rings is 2. The van der Waals surface area contributed by atoms with Gasteiger partial charge in [-0.2, -0.15) is 0 Å². The maximum atomic E-state index is 12.0. The third-order valence-electron chi connectivity index (χ3n) is 3.42. The van der Waals surface area contributed by atoms with Crippen LogP contribution in [0.15, 0.2) is 42.5 Å². The minimum absolute atomic E-state index is 0.313. The molecule has 6 heteroatoms. The predicted molar refractivity (Wildman–Crippen MR) is 89.3 cm³/mol. The summed E-state index contributed by atoms with van der Waals surface area (Å²) in [6, 6.07) is 12.2. The third kappa shape index (κ3) is 3.26. The molecular weight excluding hydrogens is 302 g/mol. The molecule has 3 rings (SSSR count). The highest BCUT2D eigenvalue weighted by Crippen LogP contribution is 2.33. The van der Waals surface area contributed by atoms with Gasteiger partial charge in [-0.25, -0.2) is 4.79 Å². The van der Waals surface area contributed by atoms with Crippen LogP contribution in [0.25, 0.3) is 0 Å².